The number of nitro benzene ring substituents is 1. The summed E-state index contributed by atoms with van der Waals surface area (Å²) < 4.78 is 5.25. The molecule has 0 saturated heterocycles. The van der Waals surface area contributed by atoms with Gasteiger partial charge in [0.2, 0.25) is 5.91 Å². The molecule has 2 aromatic rings. The zero-order valence-corrected chi connectivity index (χ0v) is 13.8. The molecular formula is C16H17N3O4S. The van der Waals surface area contributed by atoms with Crippen LogP contribution < -0.4 is 15.8 Å². The number of amides is 1. The van der Waals surface area contributed by atoms with Gasteiger partial charge in [-0.15, -0.1) is 11.8 Å². The summed E-state index contributed by atoms with van der Waals surface area (Å²) in [5, 5.41) is 14.1. The summed E-state index contributed by atoms with van der Waals surface area (Å²) in [6, 6.07) is 11.9. The average Bonchev–Trinajstić information content (AvgIpc) is 2.58. The van der Waals surface area contributed by atoms with Crippen LogP contribution in [0.5, 0.6) is 5.75 Å². The Morgan fingerprint density at radius 1 is 1.33 bits per heavy atom. The number of benzene rings is 2. The number of primary amides is 1. The number of nitrogens with one attached hydrogen (secondary N) is 1. The Balaban J connectivity index is 2.17. The molecule has 3 N–H and O–H groups in total. The van der Waals surface area contributed by atoms with E-state index in [1.165, 1.54) is 31.0 Å². The molecule has 0 aliphatic heterocycles. The zero-order chi connectivity index (χ0) is 17.5. The van der Waals surface area contributed by atoms with Gasteiger partial charge in [0.15, 0.2) is 0 Å². The molecule has 1 amide bonds. The second-order valence-electron chi connectivity index (χ2n) is 4.86. The van der Waals surface area contributed by atoms with Crippen molar-refractivity contribution in [2.75, 3.05) is 18.2 Å². The summed E-state index contributed by atoms with van der Waals surface area (Å²) in [4.78, 5) is 22.3. The lowest BCUT2D eigenvalue weighted by Gasteiger charge is -2.13. The normalized spacial score (nSPS) is 10.2. The molecule has 0 aliphatic rings. The predicted octanol–water partition coefficient (Wildman–Crippen LogP) is 2.79. The van der Waals surface area contributed by atoms with Crippen molar-refractivity contribution < 1.29 is 14.5 Å². The van der Waals surface area contributed by atoms with Gasteiger partial charge in [0.1, 0.15) is 5.75 Å². The van der Waals surface area contributed by atoms with Crippen LogP contribution in [0.15, 0.2) is 47.4 Å². The van der Waals surface area contributed by atoms with E-state index in [1.807, 2.05) is 24.3 Å². The molecule has 0 saturated carbocycles. The van der Waals surface area contributed by atoms with Crippen molar-refractivity contribution in [3.05, 3.63) is 58.1 Å². The quantitative estimate of drug-likeness (QED) is 0.432. The summed E-state index contributed by atoms with van der Waals surface area (Å²) in [7, 11) is 1.52. The molecule has 0 heterocycles. The highest BCUT2D eigenvalue weighted by molar-refractivity contribution is 8.00. The van der Waals surface area contributed by atoms with Crippen LogP contribution in [0.2, 0.25) is 0 Å². The predicted molar refractivity (Wildman–Crippen MR) is 93.3 cm³/mol. The Bertz CT molecular complexity index is 752. The summed E-state index contributed by atoms with van der Waals surface area (Å²) in [6.45, 7) is 0.346. The van der Waals surface area contributed by atoms with E-state index >= 15 is 0 Å². The number of methoxy groups -OCH3 is 1. The monoisotopic (exact) mass is 347 g/mol. The van der Waals surface area contributed by atoms with Crippen molar-refractivity contribution in [2.24, 2.45) is 5.73 Å². The minimum absolute atomic E-state index is 0.00369. The van der Waals surface area contributed by atoms with Crippen LogP contribution in [-0.2, 0) is 11.3 Å². The number of thioether (sulfide) groups is 1. The van der Waals surface area contributed by atoms with Crippen LogP contribution in [0.25, 0.3) is 0 Å². The van der Waals surface area contributed by atoms with E-state index in [0.29, 0.717) is 17.9 Å². The molecule has 2 rings (SSSR count). The van der Waals surface area contributed by atoms with Crippen LogP contribution in [0.1, 0.15) is 5.56 Å². The molecule has 0 unspecified atom stereocenters. The van der Waals surface area contributed by atoms with Crippen LogP contribution in [-0.4, -0.2) is 23.7 Å². The van der Waals surface area contributed by atoms with E-state index in [0.717, 1.165) is 10.6 Å². The maximum atomic E-state index is 10.9. The first kappa shape index (κ1) is 17.6. The first-order chi connectivity index (χ1) is 11.5. The summed E-state index contributed by atoms with van der Waals surface area (Å²) in [6.07, 6.45) is 0. The highest BCUT2D eigenvalue weighted by atomic mass is 32.2. The van der Waals surface area contributed by atoms with E-state index in [2.05, 4.69) is 5.32 Å². The van der Waals surface area contributed by atoms with Gasteiger partial charge >= 0.3 is 0 Å². The van der Waals surface area contributed by atoms with E-state index in [9.17, 15) is 14.9 Å². The second kappa shape index (κ2) is 8.21. The molecule has 24 heavy (non-hydrogen) atoms. The Hall–Kier alpha value is -2.74. The van der Waals surface area contributed by atoms with Gasteiger partial charge in [0.25, 0.3) is 5.69 Å². The van der Waals surface area contributed by atoms with Gasteiger partial charge in [-0.1, -0.05) is 12.1 Å². The first-order valence-electron chi connectivity index (χ1n) is 7.06. The van der Waals surface area contributed by atoms with Gasteiger partial charge in [0.05, 0.1) is 17.8 Å². The molecule has 8 heteroatoms. The lowest BCUT2D eigenvalue weighted by Crippen LogP contribution is -2.13. The first-order valence-corrected chi connectivity index (χ1v) is 8.05. The number of non-ortho nitro benzene ring substituents is 1. The van der Waals surface area contributed by atoms with Gasteiger partial charge in [0, 0.05) is 34.8 Å². The van der Waals surface area contributed by atoms with E-state index in [-0.39, 0.29) is 11.4 Å². The Labute approximate surface area is 143 Å². The Morgan fingerprint density at radius 3 is 2.75 bits per heavy atom. The fourth-order valence-electron chi connectivity index (χ4n) is 2.09. The lowest BCUT2D eigenvalue weighted by molar-refractivity contribution is -0.384. The molecule has 126 valence electrons. The van der Waals surface area contributed by atoms with E-state index in [1.54, 1.807) is 6.07 Å². The highest BCUT2D eigenvalue weighted by Gasteiger charge is 2.12. The molecule has 0 aromatic heterocycles. The zero-order valence-electron chi connectivity index (χ0n) is 13.0. The van der Waals surface area contributed by atoms with Crippen molar-refractivity contribution in [1.82, 2.24) is 0 Å². The van der Waals surface area contributed by atoms with Crippen LogP contribution in [0.3, 0.4) is 0 Å². The third kappa shape index (κ3) is 4.63. The smallest absolute Gasteiger partial charge is 0.270 e. The van der Waals surface area contributed by atoms with Crippen LogP contribution in [0, 0.1) is 10.1 Å². The van der Waals surface area contributed by atoms with Crippen molar-refractivity contribution in [3.63, 3.8) is 0 Å². The average molecular weight is 347 g/mol. The van der Waals surface area contributed by atoms with E-state index < -0.39 is 10.8 Å². The van der Waals surface area contributed by atoms with Crippen molar-refractivity contribution >= 4 is 29.0 Å². The summed E-state index contributed by atoms with van der Waals surface area (Å²) in [5.41, 5.74) is 6.67. The van der Waals surface area contributed by atoms with Crippen molar-refractivity contribution in [3.8, 4) is 5.75 Å². The molecule has 0 radical (unpaired) electrons. The SMILES string of the molecule is COc1ccc([N+](=O)[O-])cc1CNc1ccccc1SCC(N)=O. The van der Waals surface area contributed by atoms with Crippen molar-refractivity contribution in [2.45, 2.75) is 11.4 Å². The fourth-order valence-corrected chi connectivity index (χ4v) is 2.86. The maximum absolute atomic E-state index is 10.9. The lowest BCUT2D eigenvalue weighted by atomic mass is 10.1. The number of carbonyl (C=O) groups excluding carboxylic acids is 1. The molecule has 0 fully saturated rings. The van der Waals surface area contributed by atoms with Gasteiger partial charge in [-0.05, 0) is 18.2 Å². The van der Waals surface area contributed by atoms with Gasteiger partial charge < -0.3 is 15.8 Å². The number of nitro groups is 1. The molecule has 0 bridgehead atoms. The standard InChI is InChI=1S/C16H17N3O4S/c1-23-14-7-6-12(19(21)22)8-11(14)9-18-13-4-2-3-5-15(13)24-10-16(17)20/h2-8,18H,9-10H2,1H3,(H2,17,20). The van der Waals surface area contributed by atoms with Crippen molar-refractivity contribution in [1.29, 1.82) is 0 Å². The molecular weight excluding hydrogens is 330 g/mol. The molecule has 0 aliphatic carbocycles. The number of nitrogens with zero attached hydrogens (tertiary/aromatic N) is 1. The number of ether oxygens (including phenoxy) is 1. The number of anilines is 1. The van der Waals surface area contributed by atoms with Gasteiger partial charge in [-0.25, -0.2) is 0 Å². The molecule has 0 atom stereocenters. The fraction of sp³-hybridized carbons (Fsp3) is 0.188. The third-order valence-corrected chi connectivity index (χ3v) is 4.30. The number of rotatable bonds is 8. The number of para-hydroxylation sites is 1. The third-order valence-electron chi connectivity index (χ3n) is 3.20. The largest absolute Gasteiger partial charge is 0.496 e. The maximum Gasteiger partial charge on any atom is 0.270 e. The number of nitrogens with two attached hydrogens (primary N) is 1. The van der Waals surface area contributed by atoms with E-state index in [4.69, 9.17) is 10.5 Å². The molecule has 0 spiro atoms. The molecule has 7 nitrogen and oxygen atoms in total. The van der Waals surface area contributed by atoms with Crippen LogP contribution >= 0.6 is 11.8 Å². The minimum Gasteiger partial charge on any atom is -0.496 e. The Morgan fingerprint density at radius 2 is 2.08 bits per heavy atom. The second-order valence-corrected chi connectivity index (χ2v) is 5.88. The topological polar surface area (TPSA) is 107 Å². The number of hydrogen-bond acceptors (Lipinski definition) is 6. The Kier molecular flexibility index (Phi) is 6.02. The van der Waals surface area contributed by atoms with Gasteiger partial charge in [-0.2, -0.15) is 0 Å². The van der Waals surface area contributed by atoms with Gasteiger partial charge in [-0.3, -0.25) is 14.9 Å². The minimum atomic E-state index is -0.445. The highest BCUT2D eigenvalue weighted by Crippen LogP contribution is 2.29. The summed E-state index contributed by atoms with van der Waals surface area (Å²) >= 11 is 1.33. The number of carbonyl (C=O) groups is 1. The van der Waals surface area contributed by atoms with Crippen LogP contribution in [0.4, 0.5) is 11.4 Å². The summed E-state index contributed by atoms with van der Waals surface area (Å²) in [5.74, 6) is 0.351. The molecule has 2 aromatic carbocycles. The number of hydrogen-bond donors (Lipinski definition) is 2.